The van der Waals surface area contributed by atoms with Crippen molar-refractivity contribution in [3.05, 3.63) is 96.1 Å². The number of benzene rings is 3. The molecule has 0 radical (unpaired) electrons. The van der Waals surface area contributed by atoms with E-state index in [1.54, 1.807) is 0 Å². The highest BCUT2D eigenvalue weighted by Crippen LogP contribution is 2.35. The summed E-state index contributed by atoms with van der Waals surface area (Å²) in [7, 11) is 1.47. The number of rotatable bonds is 7. The van der Waals surface area contributed by atoms with Crippen molar-refractivity contribution < 1.29 is 14.3 Å². The molecule has 34 heavy (non-hydrogen) atoms. The van der Waals surface area contributed by atoms with Crippen molar-refractivity contribution in [2.75, 3.05) is 30.4 Å². The highest BCUT2D eigenvalue weighted by atomic mass is 16.5. The first-order valence-corrected chi connectivity index (χ1v) is 11.9. The lowest BCUT2D eigenvalue weighted by molar-refractivity contribution is -0.144. The SMILES string of the molecule is COC(=O)C(c1ccccc1)C1CCN(c2ccc(NC(=O)C(C)c3ccccc3)cc2)CC1. The second kappa shape index (κ2) is 11.0. The summed E-state index contributed by atoms with van der Waals surface area (Å²) in [5.74, 6) is -0.363. The summed E-state index contributed by atoms with van der Waals surface area (Å²) >= 11 is 0. The largest absolute Gasteiger partial charge is 0.469 e. The number of carbonyl (C=O) groups is 2. The highest BCUT2D eigenvalue weighted by Gasteiger charge is 2.33. The number of carbonyl (C=O) groups excluding carboxylic acids is 2. The zero-order valence-corrected chi connectivity index (χ0v) is 19.8. The lowest BCUT2D eigenvalue weighted by Gasteiger charge is -2.36. The molecule has 0 aromatic heterocycles. The first-order chi connectivity index (χ1) is 16.6. The minimum Gasteiger partial charge on any atom is -0.469 e. The van der Waals surface area contributed by atoms with E-state index in [0.717, 1.165) is 48.4 Å². The summed E-state index contributed by atoms with van der Waals surface area (Å²) in [4.78, 5) is 27.5. The van der Waals surface area contributed by atoms with Crippen LogP contribution in [0.15, 0.2) is 84.9 Å². The number of hydrogen-bond donors (Lipinski definition) is 1. The molecule has 1 fully saturated rings. The maximum absolute atomic E-state index is 12.6. The molecule has 3 aromatic rings. The number of esters is 1. The second-order valence-corrected chi connectivity index (χ2v) is 8.90. The van der Waals surface area contributed by atoms with Crippen LogP contribution in [0.3, 0.4) is 0 Å². The number of nitrogens with one attached hydrogen (secondary N) is 1. The Balaban J connectivity index is 1.35. The highest BCUT2D eigenvalue weighted by molar-refractivity contribution is 5.95. The average molecular weight is 457 g/mol. The van der Waals surface area contributed by atoms with Crippen LogP contribution in [0.25, 0.3) is 0 Å². The van der Waals surface area contributed by atoms with Crippen LogP contribution >= 0.6 is 0 Å². The molecule has 1 N–H and O–H groups in total. The molecule has 1 aliphatic heterocycles. The van der Waals surface area contributed by atoms with E-state index in [1.165, 1.54) is 7.11 Å². The summed E-state index contributed by atoms with van der Waals surface area (Å²) < 4.78 is 5.13. The second-order valence-electron chi connectivity index (χ2n) is 8.90. The maximum Gasteiger partial charge on any atom is 0.313 e. The Labute approximate surface area is 201 Å². The molecule has 1 amide bonds. The fourth-order valence-electron chi connectivity index (χ4n) is 4.78. The van der Waals surface area contributed by atoms with E-state index in [4.69, 9.17) is 4.74 Å². The van der Waals surface area contributed by atoms with E-state index in [1.807, 2.05) is 79.7 Å². The standard InChI is InChI=1S/C29H32N2O3/c1-21(22-9-5-3-6-10-22)28(32)30-25-13-15-26(16-14-25)31-19-17-24(18-20-31)27(29(33)34-2)23-11-7-4-8-12-23/h3-16,21,24,27H,17-20H2,1-2H3,(H,30,32). The van der Waals surface area contributed by atoms with E-state index in [2.05, 4.69) is 22.3 Å². The summed E-state index contributed by atoms with van der Waals surface area (Å²) in [6.45, 7) is 3.67. The van der Waals surface area contributed by atoms with Gasteiger partial charge in [-0.05, 0) is 61.1 Å². The topological polar surface area (TPSA) is 58.6 Å². The Bertz CT molecular complexity index is 1080. The van der Waals surface area contributed by atoms with Crippen molar-refractivity contribution in [2.24, 2.45) is 5.92 Å². The fraction of sp³-hybridized carbons (Fsp3) is 0.310. The Morgan fingerprint density at radius 1 is 0.853 bits per heavy atom. The predicted octanol–water partition coefficient (Wildman–Crippen LogP) is 5.60. The molecule has 1 heterocycles. The van der Waals surface area contributed by atoms with Gasteiger partial charge in [0.2, 0.25) is 5.91 Å². The van der Waals surface area contributed by atoms with Crippen LogP contribution in [0.5, 0.6) is 0 Å². The molecule has 5 nitrogen and oxygen atoms in total. The average Bonchev–Trinajstić information content (AvgIpc) is 2.90. The van der Waals surface area contributed by atoms with Gasteiger partial charge in [-0.3, -0.25) is 9.59 Å². The van der Waals surface area contributed by atoms with Crippen LogP contribution in [0.4, 0.5) is 11.4 Å². The van der Waals surface area contributed by atoms with Crippen molar-refractivity contribution in [3.8, 4) is 0 Å². The molecule has 1 aliphatic rings. The van der Waals surface area contributed by atoms with E-state index < -0.39 is 0 Å². The third kappa shape index (κ3) is 5.48. The van der Waals surface area contributed by atoms with E-state index >= 15 is 0 Å². The van der Waals surface area contributed by atoms with Crippen molar-refractivity contribution in [1.29, 1.82) is 0 Å². The third-order valence-electron chi connectivity index (χ3n) is 6.82. The smallest absolute Gasteiger partial charge is 0.313 e. The van der Waals surface area contributed by atoms with Gasteiger partial charge in [-0.25, -0.2) is 0 Å². The first kappa shape index (κ1) is 23.6. The molecule has 0 spiro atoms. The van der Waals surface area contributed by atoms with Gasteiger partial charge in [-0.15, -0.1) is 0 Å². The summed E-state index contributed by atoms with van der Waals surface area (Å²) in [6, 6.07) is 27.8. The van der Waals surface area contributed by atoms with Crippen molar-refractivity contribution in [1.82, 2.24) is 0 Å². The number of amides is 1. The number of methoxy groups -OCH3 is 1. The van der Waals surface area contributed by atoms with Crippen molar-refractivity contribution >= 4 is 23.3 Å². The van der Waals surface area contributed by atoms with Gasteiger partial charge in [-0.2, -0.15) is 0 Å². The zero-order chi connectivity index (χ0) is 23.9. The van der Waals surface area contributed by atoms with E-state index in [0.29, 0.717) is 0 Å². The Hall–Kier alpha value is -3.60. The predicted molar refractivity (Wildman–Crippen MR) is 136 cm³/mol. The van der Waals surface area contributed by atoms with Gasteiger partial charge in [0.15, 0.2) is 0 Å². The van der Waals surface area contributed by atoms with Crippen LogP contribution in [0, 0.1) is 5.92 Å². The molecule has 1 saturated heterocycles. The molecule has 176 valence electrons. The molecule has 5 heteroatoms. The fourth-order valence-corrected chi connectivity index (χ4v) is 4.78. The molecule has 2 atom stereocenters. The molecule has 0 saturated carbocycles. The van der Waals surface area contributed by atoms with Crippen LogP contribution in [0.1, 0.15) is 42.7 Å². The lowest BCUT2D eigenvalue weighted by Crippen LogP contribution is -2.37. The molecular formula is C29H32N2O3. The minimum absolute atomic E-state index is 0.0190. The molecule has 0 bridgehead atoms. The van der Waals surface area contributed by atoms with Crippen LogP contribution < -0.4 is 10.2 Å². The number of ether oxygens (including phenoxy) is 1. The number of piperidine rings is 1. The van der Waals surface area contributed by atoms with Gasteiger partial charge >= 0.3 is 5.97 Å². The van der Waals surface area contributed by atoms with Crippen LogP contribution in [-0.4, -0.2) is 32.1 Å². The molecule has 3 aromatic carbocycles. The number of anilines is 2. The quantitative estimate of drug-likeness (QED) is 0.470. The Kier molecular flexibility index (Phi) is 7.63. The Morgan fingerprint density at radius 3 is 1.97 bits per heavy atom. The van der Waals surface area contributed by atoms with E-state index in [9.17, 15) is 9.59 Å². The van der Waals surface area contributed by atoms with Gasteiger partial charge in [0.1, 0.15) is 0 Å². The van der Waals surface area contributed by atoms with Gasteiger partial charge < -0.3 is 15.0 Å². The summed E-state index contributed by atoms with van der Waals surface area (Å²) in [6.07, 6.45) is 1.84. The lowest BCUT2D eigenvalue weighted by atomic mass is 9.80. The zero-order valence-electron chi connectivity index (χ0n) is 19.8. The van der Waals surface area contributed by atoms with E-state index in [-0.39, 0.29) is 29.6 Å². The van der Waals surface area contributed by atoms with Crippen molar-refractivity contribution in [3.63, 3.8) is 0 Å². The van der Waals surface area contributed by atoms with Gasteiger partial charge in [0.25, 0.3) is 0 Å². The van der Waals surface area contributed by atoms with Gasteiger partial charge in [-0.1, -0.05) is 60.7 Å². The monoisotopic (exact) mass is 456 g/mol. The maximum atomic E-state index is 12.6. The van der Waals surface area contributed by atoms with Gasteiger partial charge in [0.05, 0.1) is 18.9 Å². The summed E-state index contributed by atoms with van der Waals surface area (Å²) in [5.41, 5.74) is 3.95. The van der Waals surface area contributed by atoms with Crippen LogP contribution in [-0.2, 0) is 14.3 Å². The normalized spacial score (nSPS) is 15.9. The number of nitrogens with zero attached hydrogens (tertiary/aromatic N) is 1. The molecule has 0 aliphatic carbocycles. The number of hydrogen-bond acceptors (Lipinski definition) is 4. The Morgan fingerprint density at radius 2 is 1.41 bits per heavy atom. The van der Waals surface area contributed by atoms with Crippen molar-refractivity contribution in [2.45, 2.75) is 31.6 Å². The third-order valence-corrected chi connectivity index (χ3v) is 6.82. The first-order valence-electron chi connectivity index (χ1n) is 11.9. The molecule has 2 unspecified atom stereocenters. The van der Waals surface area contributed by atoms with Crippen LogP contribution in [0.2, 0.25) is 0 Å². The summed E-state index contributed by atoms with van der Waals surface area (Å²) in [5, 5.41) is 3.02. The molecule has 4 rings (SSSR count). The van der Waals surface area contributed by atoms with Gasteiger partial charge in [0, 0.05) is 24.5 Å². The molecular weight excluding hydrogens is 424 g/mol. The minimum atomic E-state index is -0.224.